The number of pyridine rings is 1. The van der Waals surface area contributed by atoms with Gasteiger partial charge in [-0.2, -0.15) is 5.10 Å². The van der Waals surface area contributed by atoms with Crippen LogP contribution in [-0.2, 0) is 19.6 Å². The van der Waals surface area contributed by atoms with Gasteiger partial charge in [-0.05, 0) is 31.4 Å². The van der Waals surface area contributed by atoms with Crippen molar-refractivity contribution in [2.45, 2.75) is 38.9 Å². The van der Waals surface area contributed by atoms with E-state index in [4.69, 9.17) is 5.73 Å². The molecular formula is C21H25N7O. The van der Waals surface area contributed by atoms with Gasteiger partial charge in [0.05, 0.1) is 11.4 Å². The summed E-state index contributed by atoms with van der Waals surface area (Å²) in [6.45, 7) is 6.55. The van der Waals surface area contributed by atoms with Crippen molar-refractivity contribution in [3.8, 4) is 11.3 Å². The van der Waals surface area contributed by atoms with E-state index in [-0.39, 0.29) is 5.56 Å². The van der Waals surface area contributed by atoms with Crippen LogP contribution in [0.2, 0.25) is 0 Å². The van der Waals surface area contributed by atoms with Crippen molar-refractivity contribution in [3.05, 3.63) is 58.5 Å². The molecule has 0 spiro atoms. The first-order valence-corrected chi connectivity index (χ1v) is 10.2. The molecule has 2 N–H and O–H groups in total. The lowest BCUT2D eigenvalue weighted by molar-refractivity contribution is 0.113. The molecule has 0 aliphatic carbocycles. The Labute approximate surface area is 169 Å². The molecule has 0 unspecified atom stereocenters. The Balaban J connectivity index is 1.44. The van der Waals surface area contributed by atoms with Gasteiger partial charge in [0.2, 0.25) is 0 Å². The van der Waals surface area contributed by atoms with Gasteiger partial charge in [-0.15, -0.1) is 0 Å². The van der Waals surface area contributed by atoms with Gasteiger partial charge >= 0.3 is 0 Å². The average Bonchev–Trinajstić information content (AvgIpc) is 3.16. The Kier molecular flexibility index (Phi) is 4.43. The lowest BCUT2D eigenvalue weighted by Gasteiger charge is -2.42. The van der Waals surface area contributed by atoms with Gasteiger partial charge in [0.1, 0.15) is 12.1 Å². The fraction of sp³-hybridized carbons (Fsp3) is 0.429. The zero-order valence-corrected chi connectivity index (χ0v) is 16.5. The molecule has 0 radical (unpaired) electrons. The van der Waals surface area contributed by atoms with Gasteiger partial charge in [0.15, 0.2) is 0 Å². The van der Waals surface area contributed by atoms with Crippen molar-refractivity contribution in [2.24, 2.45) is 5.92 Å². The van der Waals surface area contributed by atoms with E-state index in [1.54, 1.807) is 12.1 Å². The van der Waals surface area contributed by atoms with E-state index in [9.17, 15) is 4.79 Å². The van der Waals surface area contributed by atoms with Crippen LogP contribution in [0, 0.1) is 5.92 Å². The summed E-state index contributed by atoms with van der Waals surface area (Å²) in [5, 5.41) is 4.63. The number of nitrogens with two attached hydrogens (primary N) is 1. The lowest BCUT2D eigenvalue weighted by atomic mass is 9.82. The van der Waals surface area contributed by atoms with Crippen LogP contribution in [0.1, 0.15) is 30.7 Å². The summed E-state index contributed by atoms with van der Waals surface area (Å²) < 4.78 is 3.92. The van der Waals surface area contributed by atoms with Gasteiger partial charge in [-0.25, -0.2) is 9.97 Å². The minimum Gasteiger partial charge on any atom is -0.384 e. The monoisotopic (exact) mass is 391 g/mol. The lowest BCUT2D eigenvalue weighted by Crippen LogP contribution is -2.46. The second kappa shape index (κ2) is 7.11. The Hall–Kier alpha value is -3.00. The number of hydrogen-bond acceptors (Lipinski definition) is 6. The predicted octanol–water partition coefficient (Wildman–Crippen LogP) is 1.72. The molecule has 3 aromatic heterocycles. The summed E-state index contributed by atoms with van der Waals surface area (Å²) in [7, 11) is 0. The molecule has 0 amide bonds. The van der Waals surface area contributed by atoms with Crippen LogP contribution in [0.5, 0.6) is 0 Å². The van der Waals surface area contributed by atoms with E-state index < -0.39 is 0 Å². The third-order valence-corrected chi connectivity index (χ3v) is 6.02. The van der Waals surface area contributed by atoms with Crippen LogP contribution in [0.15, 0.2) is 41.6 Å². The molecule has 5 rings (SSSR count). The topological polar surface area (TPSA) is 94.9 Å². The molecule has 2 atom stereocenters. The number of likely N-dealkylation sites (tertiary alicyclic amines) is 1. The fourth-order valence-electron chi connectivity index (χ4n) is 4.76. The maximum Gasteiger partial charge on any atom is 0.251 e. The summed E-state index contributed by atoms with van der Waals surface area (Å²) in [6, 6.07) is 7.60. The molecule has 2 aliphatic heterocycles. The van der Waals surface area contributed by atoms with Crippen LogP contribution in [0.25, 0.3) is 11.3 Å². The number of nitrogens with zero attached hydrogens (tertiary/aromatic N) is 6. The first-order valence-electron chi connectivity index (χ1n) is 10.2. The third kappa shape index (κ3) is 3.44. The molecule has 0 saturated carbocycles. The molecule has 2 aliphatic rings. The molecule has 8 nitrogen and oxygen atoms in total. The zero-order valence-electron chi connectivity index (χ0n) is 16.5. The number of rotatable bonds is 4. The van der Waals surface area contributed by atoms with E-state index in [0.717, 1.165) is 56.1 Å². The minimum absolute atomic E-state index is 0.0412. The van der Waals surface area contributed by atoms with E-state index in [0.29, 0.717) is 23.3 Å². The molecule has 2 bridgehead atoms. The van der Waals surface area contributed by atoms with Gasteiger partial charge in [0, 0.05) is 68.2 Å². The fourth-order valence-corrected chi connectivity index (χ4v) is 4.76. The molecule has 150 valence electrons. The Morgan fingerprint density at radius 3 is 2.86 bits per heavy atom. The van der Waals surface area contributed by atoms with E-state index in [1.807, 2.05) is 15.4 Å². The highest BCUT2D eigenvalue weighted by Gasteiger charge is 2.35. The molecule has 0 aromatic carbocycles. The standard InChI is InChI=1S/C21H25N7O/c1-2-27-4-3-17(25-27)12-26-9-14-5-16(11-26)19-6-15(7-21(29)28(19)10-14)18-8-20(22)24-13-23-18/h3-4,6-8,13-14,16H,2,5,9-12H2,1H3,(H2,22,23,24)/t14-,16+/m0/s1. The minimum atomic E-state index is 0.0412. The number of nitrogen functional groups attached to an aromatic ring is 1. The van der Waals surface area contributed by atoms with Crippen molar-refractivity contribution in [1.82, 2.24) is 29.2 Å². The van der Waals surface area contributed by atoms with Crippen molar-refractivity contribution < 1.29 is 0 Å². The zero-order chi connectivity index (χ0) is 20.0. The number of aryl methyl sites for hydroxylation is 1. The molecule has 3 aromatic rings. The summed E-state index contributed by atoms with van der Waals surface area (Å²) in [6.07, 6.45) is 4.60. The molecule has 1 saturated heterocycles. The smallest absolute Gasteiger partial charge is 0.251 e. The number of aromatic nitrogens is 5. The highest BCUT2D eigenvalue weighted by molar-refractivity contribution is 5.61. The van der Waals surface area contributed by atoms with Gasteiger partial charge < -0.3 is 10.3 Å². The number of fused-ring (bicyclic) bond motifs is 4. The predicted molar refractivity (Wildman–Crippen MR) is 110 cm³/mol. The SMILES string of the molecule is CCn1ccc(CN2C[C@@H]3C[C@H](C2)c2cc(-c4cc(N)ncn4)cc(=O)n2C3)n1. The molecule has 8 heteroatoms. The third-order valence-electron chi connectivity index (χ3n) is 6.02. The van der Waals surface area contributed by atoms with Crippen LogP contribution in [0.4, 0.5) is 5.82 Å². The summed E-state index contributed by atoms with van der Waals surface area (Å²) in [4.78, 5) is 23.6. The summed E-state index contributed by atoms with van der Waals surface area (Å²) in [5.74, 6) is 1.23. The summed E-state index contributed by atoms with van der Waals surface area (Å²) in [5.41, 5.74) is 9.56. The van der Waals surface area contributed by atoms with Crippen LogP contribution in [0.3, 0.4) is 0 Å². The van der Waals surface area contributed by atoms with Crippen molar-refractivity contribution >= 4 is 5.82 Å². The van der Waals surface area contributed by atoms with Crippen molar-refractivity contribution in [2.75, 3.05) is 18.8 Å². The molecule has 29 heavy (non-hydrogen) atoms. The first kappa shape index (κ1) is 18.1. The quantitative estimate of drug-likeness (QED) is 0.728. The Morgan fingerprint density at radius 1 is 1.17 bits per heavy atom. The highest BCUT2D eigenvalue weighted by Crippen LogP contribution is 2.36. The van der Waals surface area contributed by atoms with Gasteiger partial charge in [-0.1, -0.05) is 0 Å². The number of piperidine rings is 1. The second-order valence-corrected chi connectivity index (χ2v) is 8.10. The summed E-state index contributed by atoms with van der Waals surface area (Å²) >= 11 is 0. The van der Waals surface area contributed by atoms with Crippen LogP contribution < -0.4 is 11.3 Å². The van der Waals surface area contributed by atoms with Crippen molar-refractivity contribution in [3.63, 3.8) is 0 Å². The Bertz CT molecular complexity index is 1100. The van der Waals surface area contributed by atoms with Crippen LogP contribution in [-0.4, -0.2) is 42.3 Å². The highest BCUT2D eigenvalue weighted by atomic mass is 16.1. The van der Waals surface area contributed by atoms with Crippen LogP contribution >= 0.6 is 0 Å². The van der Waals surface area contributed by atoms with E-state index in [2.05, 4.69) is 39.0 Å². The van der Waals surface area contributed by atoms with Crippen molar-refractivity contribution in [1.29, 1.82) is 0 Å². The van der Waals surface area contributed by atoms with Gasteiger partial charge in [0.25, 0.3) is 5.56 Å². The van der Waals surface area contributed by atoms with E-state index >= 15 is 0 Å². The average molecular weight is 391 g/mol. The normalized spacial score (nSPS) is 21.1. The number of anilines is 1. The number of hydrogen-bond donors (Lipinski definition) is 1. The Morgan fingerprint density at radius 2 is 2.07 bits per heavy atom. The largest absolute Gasteiger partial charge is 0.384 e. The molecular weight excluding hydrogens is 366 g/mol. The first-order chi connectivity index (χ1) is 14.1. The molecule has 1 fully saturated rings. The second-order valence-electron chi connectivity index (χ2n) is 8.10. The maximum absolute atomic E-state index is 12.8. The van der Waals surface area contributed by atoms with Gasteiger partial charge in [-0.3, -0.25) is 14.4 Å². The van der Waals surface area contributed by atoms with E-state index in [1.165, 1.54) is 6.33 Å². The maximum atomic E-state index is 12.8. The molecule has 5 heterocycles.